The zero-order chi connectivity index (χ0) is 40.0. The molecule has 2 aromatic heterocycles. The summed E-state index contributed by atoms with van der Waals surface area (Å²) in [6.45, 7) is 4.20. The second-order valence-corrected chi connectivity index (χ2v) is 15.9. The number of Topliss-reactive ketones (excluding diaryl/α,β-unsaturated/α-hetero) is 1. The summed E-state index contributed by atoms with van der Waals surface area (Å²) in [7, 11) is 0. The Kier molecular flexibility index (Phi) is 8.12. The first-order chi connectivity index (χ1) is 28.1. The number of halogens is 1. The summed E-state index contributed by atoms with van der Waals surface area (Å²) < 4.78 is 1.62. The molecule has 1 spiro atoms. The Morgan fingerprint density at radius 1 is 0.828 bits per heavy atom. The lowest BCUT2D eigenvalue weighted by Gasteiger charge is -2.32. The van der Waals surface area contributed by atoms with Crippen molar-refractivity contribution in [1.29, 1.82) is 0 Å². The van der Waals surface area contributed by atoms with Gasteiger partial charge in [0.2, 0.25) is 17.6 Å². The number of aromatic amines is 1. The summed E-state index contributed by atoms with van der Waals surface area (Å²) in [6.07, 6.45) is 0.686. The topological polar surface area (TPSA) is 150 Å². The highest BCUT2D eigenvalue weighted by molar-refractivity contribution is 6.56. The van der Waals surface area contributed by atoms with Crippen molar-refractivity contribution in [3.63, 3.8) is 0 Å². The molecule has 4 atom stereocenters. The molecule has 2 unspecified atom stereocenters. The van der Waals surface area contributed by atoms with E-state index in [2.05, 4.69) is 29.1 Å². The Morgan fingerprint density at radius 2 is 1.55 bits per heavy atom. The van der Waals surface area contributed by atoms with Crippen molar-refractivity contribution in [1.82, 2.24) is 19.9 Å². The van der Waals surface area contributed by atoms with Crippen LogP contribution >= 0.6 is 11.6 Å². The van der Waals surface area contributed by atoms with Crippen LogP contribution in [0.4, 0.5) is 11.4 Å². The van der Waals surface area contributed by atoms with Gasteiger partial charge in [-0.3, -0.25) is 29.1 Å². The molecule has 58 heavy (non-hydrogen) atoms. The fourth-order valence-electron chi connectivity index (χ4n) is 9.40. The minimum atomic E-state index is -1.13. The number of anilines is 1. The Labute approximate surface area is 336 Å². The van der Waals surface area contributed by atoms with E-state index >= 15 is 0 Å². The molecule has 0 saturated carbocycles. The molecule has 2 saturated heterocycles. The molecule has 0 radical (unpaired) electrons. The van der Waals surface area contributed by atoms with Gasteiger partial charge in [0.25, 0.3) is 5.56 Å². The van der Waals surface area contributed by atoms with E-state index < -0.39 is 17.4 Å². The van der Waals surface area contributed by atoms with Crippen LogP contribution in [0.1, 0.15) is 47.6 Å². The summed E-state index contributed by atoms with van der Waals surface area (Å²) in [5.74, 6) is -1.41. The molecule has 11 rings (SSSR count). The highest BCUT2D eigenvalue weighted by Crippen LogP contribution is 2.56. The highest BCUT2D eigenvalue weighted by Gasteiger charge is 2.69. The molecule has 5 aromatic carbocycles. The van der Waals surface area contributed by atoms with Crippen molar-refractivity contribution < 1.29 is 19.5 Å². The molecular formula is C46H35ClN6O5. The van der Waals surface area contributed by atoms with Crippen molar-refractivity contribution in [3.05, 3.63) is 159 Å². The summed E-state index contributed by atoms with van der Waals surface area (Å²) >= 11 is 6.25. The molecule has 4 aliphatic rings. The van der Waals surface area contributed by atoms with E-state index in [0.717, 1.165) is 16.5 Å². The molecule has 0 bridgehead atoms. The van der Waals surface area contributed by atoms with Crippen molar-refractivity contribution in [2.75, 3.05) is 4.90 Å². The van der Waals surface area contributed by atoms with Crippen LogP contribution in [0.2, 0.25) is 5.02 Å². The van der Waals surface area contributed by atoms with Crippen LogP contribution in [-0.4, -0.2) is 49.0 Å². The molecule has 4 aliphatic heterocycles. The lowest BCUT2D eigenvalue weighted by Crippen LogP contribution is -2.50. The number of carbonyl (C=O) groups excluding carboxylic acids is 3. The number of nitrogens with one attached hydrogen (secondary N) is 2. The van der Waals surface area contributed by atoms with E-state index in [4.69, 9.17) is 16.6 Å². The van der Waals surface area contributed by atoms with E-state index in [1.165, 1.54) is 4.90 Å². The van der Waals surface area contributed by atoms with Crippen molar-refractivity contribution >= 4 is 68.1 Å². The maximum absolute atomic E-state index is 14.4. The number of nitrogens with zero attached hydrogens (tertiary/aromatic N) is 4. The van der Waals surface area contributed by atoms with Crippen LogP contribution in [-0.2, 0) is 15.1 Å². The zero-order valence-electron chi connectivity index (χ0n) is 31.3. The lowest BCUT2D eigenvalue weighted by atomic mass is 9.75. The third-order valence-electron chi connectivity index (χ3n) is 11.7. The summed E-state index contributed by atoms with van der Waals surface area (Å²) in [4.78, 5) is 68.3. The summed E-state index contributed by atoms with van der Waals surface area (Å²) in [6, 6.07) is 36.0. The van der Waals surface area contributed by atoms with Crippen LogP contribution in [0.5, 0.6) is 5.88 Å². The van der Waals surface area contributed by atoms with E-state index in [1.54, 1.807) is 47.0 Å². The number of benzene rings is 5. The highest BCUT2D eigenvalue weighted by atomic mass is 35.5. The van der Waals surface area contributed by atoms with Gasteiger partial charge in [0, 0.05) is 33.1 Å². The fourth-order valence-corrected chi connectivity index (χ4v) is 9.58. The standard InChI is InChI=1S/C30H25ClN4O3.C16H10N2O2/c1-16(2)14-22-24-25(28(38)34(27(24)37)18-9-7-8-17(31)15-18)30(33-22)20-11-4-6-13-23(20)35-26(36)19-10-3-5-12-21(19)32-29(30)35;19-15-10-6-2-4-8-12(10)17-14(15)13-9-5-1-3-7-11(9)18-16(13)20/h3-13,15-16,22,24-25,33H,14H2,1-2H3;1-8,18,20H/t22?,24-,25+,30?;/m0./s1. The van der Waals surface area contributed by atoms with Gasteiger partial charge < -0.3 is 10.1 Å². The largest absolute Gasteiger partial charge is 0.494 e. The Hall–Kier alpha value is -6.69. The number of rotatable bonds is 4. The molecule has 7 aromatic rings. The number of imide groups is 1. The van der Waals surface area contributed by atoms with Gasteiger partial charge in [-0.25, -0.2) is 14.9 Å². The van der Waals surface area contributed by atoms with E-state index in [1.807, 2.05) is 78.9 Å². The number of para-hydroxylation sites is 4. The number of carbonyl (C=O) groups is 3. The fraction of sp³-hybridized carbons (Fsp3) is 0.174. The summed E-state index contributed by atoms with van der Waals surface area (Å²) in [5.41, 5.74) is 3.94. The number of hydrogen-bond acceptors (Lipinski definition) is 8. The first-order valence-electron chi connectivity index (χ1n) is 19.1. The van der Waals surface area contributed by atoms with E-state index in [9.17, 15) is 24.3 Å². The molecule has 2 fully saturated rings. The van der Waals surface area contributed by atoms with Gasteiger partial charge in [0.05, 0.1) is 45.4 Å². The average Bonchev–Trinajstić information content (AvgIpc) is 3.97. The normalized spacial score (nSPS) is 21.4. The maximum Gasteiger partial charge on any atom is 0.266 e. The number of H-pyrrole nitrogens is 1. The van der Waals surface area contributed by atoms with Gasteiger partial charge in [-0.15, -0.1) is 0 Å². The predicted molar refractivity (Wildman–Crippen MR) is 222 cm³/mol. The minimum Gasteiger partial charge on any atom is -0.494 e. The Balaban J connectivity index is 0.000000171. The van der Waals surface area contributed by atoms with Crippen LogP contribution < -0.4 is 15.8 Å². The number of aromatic hydroxyl groups is 1. The van der Waals surface area contributed by atoms with Gasteiger partial charge in [-0.1, -0.05) is 92.2 Å². The van der Waals surface area contributed by atoms with Crippen molar-refractivity contribution in [3.8, 4) is 11.6 Å². The number of fused-ring (bicyclic) bond motifs is 10. The van der Waals surface area contributed by atoms with Gasteiger partial charge in [-0.2, -0.15) is 0 Å². The molecule has 2 amide bonds. The van der Waals surface area contributed by atoms with Crippen molar-refractivity contribution in [2.45, 2.75) is 31.8 Å². The molecule has 286 valence electrons. The molecule has 3 N–H and O–H groups in total. The van der Waals surface area contributed by atoms with Gasteiger partial charge in [-0.05, 0) is 66.9 Å². The van der Waals surface area contributed by atoms with Crippen LogP contribution in [0.15, 0.2) is 131 Å². The SMILES string of the molecule is CC(C)CC1NC2(c3ccccc3-n3c2nc2ccccc2c3=O)[C@H]2C(=O)N(c3cccc(Cl)c3)C(=O)[C@@H]12.O=C1C(c2c(O)[nH]c3ccccc23)=Nc2ccccc21. The van der Waals surface area contributed by atoms with Crippen LogP contribution in [0.25, 0.3) is 27.5 Å². The lowest BCUT2D eigenvalue weighted by molar-refractivity contribution is -0.123. The predicted octanol–water partition coefficient (Wildman–Crippen LogP) is 7.61. The number of aromatic nitrogens is 3. The number of amides is 2. The van der Waals surface area contributed by atoms with Crippen molar-refractivity contribution in [2.24, 2.45) is 22.7 Å². The second kappa shape index (κ2) is 13.2. The molecule has 6 heterocycles. The third-order valence-corrected chi connectivity index (χ3v) is 11.9. The first-order valence-corrected chi connectivity index (χ1v) is 19.5. The van der Waals surface area contributed by atoms with Gasteiger partial charge in [0.15, 0.2) is 5.88 Å². The first kappa shape index (κ1) is 35.7. The molecule has 0 aliphatic carbocycles. The van der Waals surface area contributed by atoms with Crippen LogP contribution in [0.3, 0.4) is 0 Å². The molecule has 12 heteroatoms. The minimum absolute atomic E-state index is 0.0221. The quantitative estimate of drug-likeness (QED) is 0.156. The zero-order valence-corrected chi connectivity index (χ0v) is 32.1. The van der Waals surface area contributed by atoms with E-state index in [0.29, 0.717) is 62.1 Å². The maximum atomic E-state index is 14.4. The third kappa shape index (κ3) is 5.09. The number of ketones is 1. The Bertz CT molecular complexity index is 3010. The smallest absolute Gasteiger partial charge is 0.266 e. The van der Waals surface area contributed by atoms with Gasteiger partial charge in [0.1, 0.15) is 17.1 Å². The number of aliphatic imine (C=N–C) groups is 1. The Morgan fingerprint density at radius 3 is 2.34 bits per heavy atom. The summed E-state index contributed by atoms with van der Waals surface area (Å²) in [5, 5.41) is 15.6. The van der Waals surface area contributed by atoms with Crippen LogP contribution in [0, 0.1) is 17.8 Å². The average molecular weight is 787 g/mol. The molecule has 11 nitrogen and oxygen atoms in total. The van der Waals surface area contributed by atoms with E-state index in [-0.39, 0.29) is 41.0 Å². The van der Waals surface area contributed by atoms with Gasteiger partial charge >= 0.3 is 0 Å². The molecular weight excluding hydrogens is 752 g/mol. The monoisotopic (exact) mass is 786 g/mol. The second-order valence-electron chi connectivity index (χ2n) is 15.5. The number of hydrogen-bond donors (Lipinski definition) is 3.